The summed E-state index contributed by atoms with van der Waals surface area (Å²) in [6.07, 6.45) is 0. The van der Waals surface area contributed by atoms with E-state index >= 15 is 0 Å². The van der Waals surface area contributed by atoms with Gasteiger partial charge in [0, 0.05) is 5.41 Å². The zero-order valence-electron chi connectivity index (χ0n) is 11.0. The normalized spacial score (nSPS) is 11.1. The standard InChI is InChI=1S/C16H16O3/c1-16(2,12-3-7-14(18)8-4-12)13-5-9-15(10-6-13)19-11-17/h3-11,18H,1-2H3. The predicted molar refractivity (Wildman–Crippen MR) is 73.4 cm³/mol. The predicted octanol–water partition coefficient (Wildman–Crippen LogP) is 3.25. The molecule has 0 aliphatic heterocycles. The number of phenolic OH excluding ortho intramolecular Hbond substituents is 1. The summed E-state index contributed by atoms with van der Waals surface area (Å²) in [4.78, 5) is 10.3. The molecule has 98 valence electrons. The van der Waals surface area contributed by atoms with E-state index in [4.69, 9.17) is 4.74 Å². The molecule has 0 spiro atoms. The highest BCUT2D eigenvalue weighted by molar-refractivity contribution is 5.47. The van der Waals surface area contributed by atoms with Crippen LogP contribution in [0, 0.1) is 0 Å². The summed E-state index contributed by atoms with van der Waals surface area (Å²) in [6, 6.07) is 14.6. The molecule has 0 saturated heterocycles. The van der Waals surface area contributed by atoms with Gasteiger partial charge in [0.05, 0.1) is 0 Å². The van der Waals surface area contributed by atoms with Gasteiger partial charge in [-0.05, 0) is 35.4 Å². The zero-order valence-corrected chi connectivity index (χ0v) is 11.0. The minimum absolute atomic E-state index is 0.187. The molecule has 0 radical (unpaired) electrons. The maximum absolute atomic E-state index is 10.3. The molecule has 0 aliphatic rings. The Balaban J connectivity index is 2.32. The van der Waals surface area contributed by atoms with Gasteiger partial charge in [-0.25, -0.2) is 0 Å². The number of ether oxygens (including phenoxy) is 1. The van der Waals surface area contributed by atoms with E-state index in [0.717, 1.165) is 11.1 Å². The Bertz CT molecular complexity index is 554. The van der Waals surface area contributed by atoms with Gasteiger partial charge in [0.1, 0.15) is 11.5 Å². The van der Waals surface area contributed by atoms with Crippen molar-refractivity contribution in [2.24, 2.45) is 0 Å². The lowest BCUT2D eigenvalue weighted by atomic mass is 9.78. The van der Waals surface area contributed by atoms with Crippen molar-refractivity contribution in [3.63, 3.8) is 0 Å². The molecule has 2 aromatic carbocycles. The van der Waals surface area contributed by atoms with Crippen molar-refractivity contribution in [3.05, 3.63) is 59.7 Å². The first-order valence-corrected chi connectivity index (χ1v) is 6.04. The first-order valence-electron chi connectivity index (χ1n) is 6.04. The summed E-state index contributed by atoms with van der Waals surface area (Å²) in [5, 5.41) is 9.34. The van der Waals surface area contributed by atoms with E-state index in [1.165, 1.54) is 0 Å². The van der Waals surface area contributed by atoms with Crippen molar-refractivity contribution in [2.45, 2.75) is 19.3 Å². The number of phenols is 1. The lowest BCUT2D eigenvalue weighted by Gasteiger charge is -2.26. The molecule has 19 heavy (non-hydrogen) atoms. The fourth-order valence-electron chi connectivity index (χ4n) is 2.05. The van der Waals surface area contributed by atoms with Crippen LogP contribution in [0.1, 0.15) is 25.0 Å². The number of aromatic hydroxyl groups is 1. The van der Waals surface area contributed by atoms with Gasteiger partial charge in [0.15, 0.2) is 0 Å². The molecule has 0 atom stereocenters. The van der Waals surface area contributed by atoms with E-state index in [1.807, 2.05) is 24.3 Å². The maximum atomic E-state index is 10.3. The summed E-state index contributed by atoms with van der Waals surface area (Å²) in [7, 11) is 0. The van der Waals surface area contributed by atoms with Crippen molar-refractivity contribution >= 4 is 6.47 Å². The van der Waals surface area contributed by atoms with Crippen molar-refractivity contribution in [3.8, 4) is 11.5 Å². The smallest absolute Gasteiger partial charge is 0.298 e. The van der Waals surface area contributed by atoms with Crippen molar-refractivity contribution in [1.29, 1.82) is 0 Å². The Kier molecular flexibility index (Phi) is 3.56. The van der Waals surface area contributed by atoms with Crippen LogP contribution in [0.3, 0.4) is 0 Å². The molecule has 0 amide bonds. The zero-order chi connectivity index (χ0) is 13.9. The van der Waals surface area contributed by atoms with Gasteiger partial charge in [-0.2, -0.15) is 0 Å². The second-order valence-corrected chi connectivity index (χ2v) is 4.91. The molecule has 3 heteroatoms. The van der Waals surface area contributed by atoms with Gasteiger partial charge in [-0.15, -0.1) is 0 Å². The number of benzene rings is 2. The first kappa shape index (κ1) is 13.1. The molecule has 0 aliphatic carbocycles. The third-order valence-corrected chi connectivity index (χ3v) is 3.35. The highest BCUT2D eigenvalue weighted by atomic mass is 16.5. The van der Waals surface area contributed by atoms with Crippen LogP contribution in [0.4, 0.5) is 0 Å². The van der Waals surface area contributed by atoms with Crippen LogP contribution in [0.5, 0.6) is 11.5 Å². The molecular formula is C16H16O3. The van der Waals surface area contributed by atoms with E-state index in [9.17, 15) is 9.90 Å². The van der Waals surface area contributed by atoms with Gasteiger partial charge in [-0.3, -0.25) is 4.79 Å². The molecule has 2 rings (SSSR count). The molecular weight excluding hydrogens is 240 g/mol. The molecule has 0 bridgehead atoms. The highest BCUT2D eigenvalue weighted by Crippen LogP contribution is 2.33. The Labute approximate surface area is 112 Å². The molecule has 0 unspecified atom stereocenters. The van der Waals surface area contributed by atoms with Crippen molar-refractivity contribution in [1.82, 2.24) is 0 Å². The topological polar surface area (TPSA) is 46.5 Å². The van der Waals surface area contributed by atoms with Gasteiger partial charge in [0.2, 0.25) is 0 Å². The SMILES string of the molecule is CC(C)(c1ccc(O)cc1)c1ccc(OC=O)cc1. The van der Waals surface area contributed by atoms with Gasteiger partial charge >= 0.3 is 0 Å². The van der Waals surface area contributed by atoms with E-state index < -0.39 is 0 Å². The van der Waals surface area contributed by atoms with E-state index in [2.05, 4.69) is 13.8 Å². The number of hydrogen-bond donors (Lipinski definition) is 1. The fraction of sp³-hybridized carbons (Fsp3) is 0.188. The lowest BCUT2D eigenvalue weighted by molar-refractivity contribution is -0.120. The minimum Gasteiger partial charge on any atom is -0.508 e. The summed E-state index contributed by atoms with van der Waals surface area (Å²) in [5.74, 6) is 0.787. The average Bonchev–Trinajstić information content (AvgIpc) is 2.40. The van der Waals surface area contributed by atoms with Crippen LogP contribution in [0.25, 0.3) is 0 Å². The van der Waals surface area contributed by atoms with Crippen LogP contribution in [0.2, 0.25) is 0 Å². The Morgan fingerprint density at radius 1 is 0.947 bits per heavy atom. The number of carbonyl (C=O) groups excluding carboxylic acids is 1. The van der Waals surface area contributed by atoms with Crippen LogP contribution in [0.15, 0.2) is 48.5 Å². The average molecular weight is 256 g/mol. The van der Waals surface area contributed by atoms with Crippen molar-refractivity contribution < 1.29 is 14.6 Å². The van der Waals surface area contributed by atoms with Gasteiger partial charge in [0.25, 0.3) is 6.47 Å². The van der Waals surface area contributed by atoms with Crippen LogP contribution in [-0.4, -0.2) is 11.6 Å². The third kappa shape index (κ3) is 2.76. The van der Waals surface area contributed by atoms with E-state index in [1.54, 1.807) is 24.3 Å². The molecule has 1 N–H and O–H groups in total. The molecule has 0 saturated carbocycles. The van der Waals surface area contributed by atoms with Gasteiger partial charge < -0.3 is 9.84 Å². The summed E-state index contributed by atoms with van der Waals surface area (Å²) in [6.45, 7) is 4.63. The monoisotopic (exact) mass is 256 g/mol. The molecule has 0 fully saturated rings. The largest absolute Gasteiger partial charge is 0.508 e. The summed E-state index contributed by atoms with van der Waals surface area (Å²) < 4.78 is 4.78. The quantitative estimate of drug-likeness (QED) is 0.854. The summed E-state index contributed by atoms with van der Waals surface area (Å²) in [5.41, 5.74) is 2.03. The molecule has 0 heterocycles. The third-order valence-electron chi connectivity index (χ3n) is 3.35. The molecule has 2 aromatic rings. The molecule has 0 aromatic heterocycles. The second kappa shape index (κ2) is 5.14. The van der Waals surface area contributed by atoms with Crippen LogP contribution in [-0.2, 0) is 10.2 Å². The van der Waals surface area contributed by atoms with Gasteiger partial charge in [-0.1, -0.05) is 38.1 Å². The van der Waals surface area contributed by atoms with Crippen LogP contribution < -0.4 is 4.74 Å². The summed E-state index contributed by atoms with van der Waals surface area (Å²) >= 11 is 0. The number of rotatable bonds is 4. The van der Waals surface area contributed by atoms with E-state index in [-0.39, 0.29) is 11.2 Å². The highest BCUT2D eigenvalue weighted by Gasteiger charge is 2.22. The first-order chi connectivity index (χ1) is 9.04. The van der Waals surface area contributed by atoms with E-state index in [0.29, 0.717) is 12.2 Å². The maximum Gasteiger partial charge on any atom is 0.298 e. The number of carbonyl (C=O) groups is 1. The Morgan fingerprint density at radius 2 is 1.42 bits per heavy atom. The van der Waals surface area contributed by atoms with Crippen LogP contribution >= 0.6 is 0 Å². The molecule has 3 nitrogen and oxygen atoms in total. The van der Waals surface area contributed by atoms with Crippen molar-refractivity contribution in [2.75, 3.05) is 0 Å². The Morgan fingerprint density at radius 3 is 1.89 bits per heavy atom. The fourth-order valence-corrected chi connectivity index (χ4v) is 2.05. The second-order valence-electron chi connectivity index (χ2n) is 4.91. The minimum atomic E-state index is -0.187. The lowest BCUT2D eigenvalue weighted by Crippen LogP contribution is -2.18. The number of hydrogen-bond acceptors (Lipinski definition) is 3. The Hall–Kier alpha value is -2.29.